The fourth-order valence-electron chi connectivity index (χ4n) is 1.55. The average Bonchev–Trinajstić information content (AvgIpc) is 2.28. The molecule has 0 bridgehead atoms. The van der Waals surface area contributed by atoms with E-state index in [1.165, 1.54) is 18.2 Å². The van der Waals surface area contributed by atoms with Crippen LogP contribution in [0.2, 0.25) is 0 Å². The molecule has 0 saturated heterocycles. The minimum atomic E-state index is -0.373. The van der Waals surface area contributed by atoms with Crippen molar-refractivity contribution in [3.05, 3.63) is 62.5 Å². The lowest BCUT2D eigenvalue weighted by Gasteiger charge is -2.04. The van der Waals surface area contributed by atoms with Gasteiger partial charge in [-0.25, -0.2) is 4.39 Å². The lowest BCUT2D eigenvalue weighted by molar-refractivity contribution is 0.0992. The molecule has 2 aromatic rings. The zero-order valence-electron chi connectivity index (χ0n) is 9.16. The van der Waals surface area contributed by atoms with Crippen LogP contribution in [0, 0.1) is 5.82 Å². The average molecular weight is 373 g/mol. The number of rotatable bonds is 3. The maximum Gasteiger partial charge on any atom is 0.168 e. The molecule has 0 saturated carbocycles. The number of hydrogen-bond donors (Lipinski definition) is 0. The number of carbonyl (C=O) groups is 1. The molecule has 0 fully saturated rings. The van der Waals surface area contributed by atoms with Crippen LogP contribution in [-0.4, -0.2) is 10.8 Å². The van der Waals surface area contributed by atoms with Crippen LogP contribution in [0.3, 0.4) is 0 Å². The molecule has 0 aliphatic rings. The van der Waals surface area contributed by atoms with E-state index in [1.807, 2.05) is 6.07 Å². The van der Waals surface area contributed by atoms with E-state index in [2.05, 4.69) is 36.8 Å². The number of ketones is 1. The highest BCUT2D eigenvalue weighted by atomic mass is 79.9. The van der Waals surface area contributed by atoms with Crippen LogP contribution in [0.15, 0.2) is 45.6 Å². The minimum Gasteiger partial charge on any atom is -0.294 e. The summed E-state index contributed by atoms with van der Waals surface area (Å²) in [4.78, 5) is 16.1. The Labute approximate surface area is 121 Å². The molecular weight excluding hydrogens is 365 g/mol. The van der Waals surface area contributed by atoms with Crippen molar-refractivity contribution in [2.75, 3.05) is 0 Å². The van der Waals surface area contributed by atoms with Gasteiger partial charge >= 0.3 is 0 Å². The molecule has 0 N–H and O–H groups in total. The summed E-state index contributed by atoms with van der Waals surface area (Å²) < 4.78 is 14.2. The molecule has 1 aromatic heterocycles. The van der Waals surface area contributed by atoms with E-state index in [4.69, 9.17) is 0 Å². The van der Waals surface area contributed by atoms with Crippen LogP contribution >= 0.6 is 31.9 Å². The van der Waals surface area contributed by atoms with Gasteiger partial charge < -0.3 is 0 Å². The summed E-state index contributed by atoms with van der Waals surface area (Å²) in [5.74, 6) is -0.454. The van der Waals surface area contributed by atoms with Crippen molar-refractivity contribution >= 4 is 37.6 Å². The third-order valence-corrected chi connectivity index (χ3v) is 3.45. The summed E-state index contributed by atoms with van der Waals surface area (Å²) in [5.41, 5.74) is 1.28. The molecular formula is C13H8Br2FNO. The second-order valence-corrected chi connectivity index (χ2v) is 5.51. The second kappa shape index (κ2) is 5.71. The van der Waals surface area contributed by atoms with Gasteiger partial charge in [0, 0.05) is 33.3 Å². The third-order valence-electron chi connectivity index (χ3n) is 2.36. The lowest BCUT2D eigenvalue weighted by atomic mass is 10.0. The van der Waals surface area contributed by atoms with E-state index in [-0.39, 0.29) is 18.0 Å². The zero-order valence-corrected chi connectivity index (χ0v) is 12.3. The molecule has 0 atom stereocenters. The van der Waals surface area contributed by atoms with Crippen LogP contribution in [0.4, 0.5) is 4.39 Å². The maximum absolute atomic E-state index is 12.9. The van der Waals surface area contributed by atoms with Gasteiger partial charge in [-0.15, -0.1) is 0 Å². The van der Waals surface area contributed by atoms with Gasteiger partial charge in [-0.1, -0.05) is 0 Å². The summed E-state index contributed by atoms with van der Waals surface area (Å²) in [7, 11) is 0. The summed E-state index contributed by atoms with van der Waals surface area (Å²) >= 11 is 6.49. The Morgan fingerprint density at radius 3 is 2.67 bits per heavy atom. The Balaban J connectivity index is 2.22. The molecule has 92 valence electrons. The molecule has 2 nitrogen and oxygen atoms in total. The number of carbonyl (C=O) groups excluding carboxylic acids is 1. The molecule has 0 spiro atoms. The molecule has 2 rings (SSSR count). The molecule has 0 amide bonds. The van der Waals surface area contributed by atoms with Crippen molar-refractivity contribution < 1.29 is 9.18 Å². The maximum atomic E-state index is 12.9. The molecule has 5 heteroatoms. The van der Waals surface area contributed by atoms with Crippen molar-refractivity contribution in [3.8, 4) is 0 Å². The van der Waals surface area contributed by atoms with Crippen LogP contribution < -0.4 is 0 Å². The first kappa shape index (κ1) is 13.4. The number of hydrogen-bond acceptors (Lipinski definition) is 2. The number of benzene rings is 1. The lowest BCUT2D eigenvalue weighted by Crippen LogP contribution is -2.05. The van der Waals surface area contributed by atoms with Crippen LogP contribution in [0.5, 0.6) is 0 Å². The monoisotopic (exact) mass is 371 g/mol. The van der Waals surface area contributed by atoms with E-state index >= 15 is 0 Å². The summed E-state index contributed by atoms with van der Waals surface area (Å²) in [6, 6.07) is 5.87. The van der Waals surface area contributed by atoms with Gasteiger partial charge in [0.05, 0.1) is 0 Å². The SMILES string of the molecule is O=C(Cc1cncc(Br)c1)c1ccc(F)cc1Br. The Hall–Kier alpha value is -1.07. The van der Waals surface area contributed by atoms with E-state index in [0.717, 1.165) is 10.0 Å². The summed E-state index contributed by atoms with van der Waals surface area (Å²) in [5, 5.41) is 0. The van der Waals surface area contributed by atoms with E-state index < -0.39 is 0 Å². The summed E-state index contributed by atoms with van der Waals surface area (Å²) in [6.45, 7) is 0. The number of Topliss-reactive ketones (excluding diaryl/α,β-unsaturated/α-hetero) is 1. The molecule has 18 heavy (non-hydrogen) atoms. The topological polar surface area (TPSA) is 30.0 Å². The van der Waals surface area contributed by atoms with Gasteiger partial charge in [0.15, 0.2) is 5.78 Å². The molecule has 0 unspecified atom stereocenters. The number of halogens is 3. The smallest absolute Gasteiger partial charge is 0.168 e. The van der Waals surface area contributed by atoms with Gasteiger partial charge in [0.1, 0.15) is 5.82 Å². The highest BCUT2D eigenvalue weighted by Crippen LogP contribution is 2.20. The van der Waals surface area contributed by atoms with Gasteiger partial charge in [0.2, 0.25) is 0 Å². The van der Waals surface area contributed by atoms with Gasteiger partial charge in [0.25, 0.3) is 0 Å². The molecule has 0 aliphatic heterocycles. The Morgan fingerprint density at radius 1 is 1.22 bits per heavy atom. The highest BCUT2D eigenvalue weighted by molar-refractivity contribution is 9.10. The quantitative estimate of drug-likeness (QED) is 0.757. The zero-order chi connectivity index (χ0) is 13.1. The largest absolute Gasteiger partial charge is 0.294 e. The fourth-order valence-corrected chi connectivity index (χ4v) is 2.53. The molecule has 1 aromatic carbocycles. The number of pyridine rings is 1. The predicted octanol–water partition coefficient (Wildman–Crippen LogP) is 4.17. The third kappa shape index (κ3) is 3.23. The van der Waals surface area contributed by atoms with E-state index in [0.29, 0.717) is 10.0 Å². The van der Waals surface area contributed by atoms with E-state index in [9.17, 15) is 9.18 Å². The molecule has 0 radical (unpaired) electrons. The van der Waals surface area contributed by atoms with Crippen molar-refractivity contribution in [1.29, 1.82) is 0 Å². The number of aromatic nitrogens is 1. The first-order valence-electron chi connectivity index (χ1n) is 5.14. The van der Waals surface area contributed by atoms with Crippen LogP contribution in [0.1, 0.15) is 15.9 Å². The Morgan fingerprint density at radius 2 is 2.00 bits per heavy atom. The van der Waals surface area contributed by atoms with Crippen LogP contribution in [0.25, 0.3) is 0 Å². The molecule has 1 heterocycles. The van der Waals surface area contributed by atoms with Gasteiger partial charge in [-0.2, -0.15) is 0 Å². The summed E-state index contributed by atoms with van der Waals surface area (Å²) in [6.07, 6.45) is 3.53. The molecule has 0 aliphatic carbocycles. The van der Waals surface area contributed by atoms with Crippen molar-refractivity contribution in [3.63, 3.8) is 0 Å². The van der Waals surface area contributed by atoms with Crippen molar-refractivity contribution in [1.82, 2.24) is 4.98 Å². The Kier molecular flexibility index (Phi) is 4.24. The standard InChI is InChI=1S/C13H8Br2FNO/c14-9-3-8(6-17-7-9)4-13(18)11-2-1-10(16)5-12(11)15/h1-3,5-7H,4H2. The highest BCUT2D eigenvalue weighted by Gasteiger charge is 2.11. The minimum absolute atomic E-state index is 0.0817. The van der Waals surface area contributed by atoms with Crippen LogP contribution in [-0.2, 0) is 6.42 Å². The second-order valence-electron chi connectivity index (χ2n) is 3.74. The van der Waals surface area contributed by atoms with Gasteiger partial charge in [-0.3, -0.25) is 9.78 Å². The first-order chi connectivity index (χ1) is 8.56. The van der Waals surface area contributed by atoms with E-state index in [1.54, 1.807) is 12.4 Å². The fraction of sp³-hybridized carbons (Fsp3) is 0.0769. The van der Waals surface area contributed by atoms with Gasteiger partial charge in [-0.05, 0) is 61.7 Å². The van der Waals surface area contributed by atoms with Crippen molar-refractivity contribution in [2.45, 2.75) is 6.42 Å². The number of nitrogens with zero attached hydrogens (tertiary/aromatic N) is 1. The van der Waals surface area contributed by atoms with Crippen molar-refractivity contribution in [2.24, 2.45) is 0 Å². The Bertz CT molecular complexity index is 601. The normalized spacial score (nSPS) is 10.4. The predicted molar refractivity (Wildman–Crippen MR) is 74.1 cm³/mol. The first-order valence-corrected chi connectivity index (χ1v) is 6.72.